The molecule has 0 aromatic heterocycles. The molecule has 0 aliphatic carbocycles. The molecule has 0 nitrogen and oxygen atoms in total. The predicted molar refractivity (Wildman–Crippen MR) is 58.4 cm³/mol. The summed E-state index contributed by atoms with van der Waals surface area (Å²) < 4.78 is -0.723. The van der Waals surface area contributed by atoms with E-state index in [1.54, 1.807) is 18.2 Å². The average Bonchev–Trinajstić information content (AvgIpc) is 1.83. The molecule has 0 fully saturated rings. The molecule has 0 unspecified atom stereocenters. The first-order valence-electron chi connectivity index (χ1n) is 2.93. The summed E-state index contributed by atoms with van der Waals surface area (Å²) in [7, 11) is 0. The molecule has 66 valence electrons. The molecular weight excluding hydrogens is 306 g/mol. The van der Waals surface area contributed by atoms with Crippen molar-refractivity contribution < 1.29 is 0 Å². The van der Waals surface area contributed by atoms with Gasteiger partial charge in [0.25, 0.3) is 0 Å². The highest BCUT2D eigenvalue weighted by Crippen LogP contribution is 2.42. The van der Waals surface area contributed by atoms with Gasteiger partial charge in [-0.3, -0.25) is 0 Å². The van der Waals surface area contributed by atoms with Crippen LogP contribution in [0.3, 0.4) is 0 Å². The van der Waals surface area contributed by atoms with E-state index in [4.69, 9.17) is 46.4 Å². The SMILES string of the molecule is Clc1ccc(C(Cl)(Cl)Cl)c(Br)c1. The van der Waals surface area contributed by atoms with Crippen LogP contribution in [0, 0.1) is 0 Å². The van der Waals surface area contributed by atoms with E-state index in [1.807, 2.05) is 0 Å². The van der Waals surface area contributed by atoms with Crippen LogP contribution in [0.25, 0.3) is 0 Å². The van der Waals surface area contributed by atoms with E-state index in [-0.39, 0.29) is 0 Å². The third-order valence-electron chi connectivity index (χ3n) is 1.24. The Morgan fingerprint density at radius 3 is 2.17 bits per heavy atom. The lowest BCUT2D eigenvalue weighted by Gasteiger charge is -2.12. The summed E-state index contributed by atoms with van der Waals surface area (Å²) in [5, 5.41) is 0.597. The molecule has 0 saturated carbocycles. The lowest BCUT2D eigenvalue weighted by atomic mass is 10.2. The minimum Gasteiger partial charge on any atom is -0.0843 e. The smallest absolute Gasteiger partial charge is 0.0843 e. The van der Waals surface area contributed by atoms with Crippen molar-refractivity contribution in [3.63, 3.8) is 0 Å². The molecule has 0 N–H and O–H groups in total. The molecule has 12 heavy (non-hydrogen) atoms. The molecule has 5 heteroatoms. The Hall–Kier alpha value is 0.860. The van der Waals surface area contributed by atoms with Crippen molar-refractivity contribution in [3.8, 4) is 0 Å². The number of halogens is 5. The largest absolute Gasteiger partial charge is 0.217 e. The fourth-order valence-electron chi connectivity index (χ4n) is 0.719. The Morgan fingerprint density at radius 2 is 1.75 bits per heavy atom. The summed E-state index contributed by atoms with van der Waals surface area (Å²) in [5.41, 5.74) is 0.580. The number of rotatable bonds is 0. The van der Waals surface area contributed by atoms with E-state index in [0.29, 0.717) is 15.1 Å². The van der Waals surface area contributed by atoms with E-state index in [2.05, 4.69) is 15.9 Å². The lowest BCUT2D eigenvalue weighted by molar-refractivity contribution is 1.22. The number of hydrogen-bond donors (Lipinski definition) is 0. The van der Waals surface area contributed by atoms with Crippen LogP contribution in [0.1, 0.15) is 5.56 Å². The van der Waals surface area contributed by atoms with Crippen LogP contribution in [0.5, 0.6) is 0 Å². The predicted octanol–water partition coefficient (Wildman–Crippen LogP) is 4.93. The van der Waals surface area contributed by atoms with Gasteiger partial charge in [0.05, 0.1) is 0 Å². The zero-order valence-electron chi connectivity index (χ0n) is 5.62. The molecule has 0 heterocycles. The summed E-state index contributed by atoms with van der Waals surface area (Å²) in [6.45, 7) is 0. The van der Waals surface area contributed by atoms with Crippen molar-refractivity contribution >= 4 is 62.3 Å². The van der Waals surface area contributed by atoms with Crippen molar-refractivity contribution in [1.29, 1.82) is 0 Å². The van der Waals surface area contributed by atoms with E-state index < -0.39 is 3.79 Å². The number of alkyl halides is 3. The maximum Gasteiger partial charge on any atom is 0.217 e. The third kappa shape index (κ3) is 2.68. The van der Waals surface area contributed by atoms with Gasteiger partial charge in [0.2, 0.25) is 3.79 Å². The van der Waals surface area contributed by atoms with Crippen molar-refractivity contribution in [2.45, 2.75) is 3.79 Å². The molecule has 1 rings (SSSR count). The van der Waals surface area contributed by atoms with Gasteiger partial charge < -0.3 is 0 Å². The molecule has 0 bridgehead atoms. The zero-order chi connectivity index (χ0) is 9.35. The Kier molecular flexibility index (Phi) is 3.58. The van der Waals surface area contributed by atoms with Crippen molar-refractivity contribution in [2.24, 2.45) is 0 Å². The molecular formula is C7H3BrCl4. The summed E-state index contributed by atoms with van der Waals surface area (Å²) in [6.07, 6.45) is 0. The number of benzene rings is 1. The summed E-state index contributed by atoms with van der Waals surface area (Å²) in [6, 6.07) is 5.02. The monoisotopic (exact) mass is 306 g/mol. The zero-order valence-corrected chi connectivity index (χ0v) is 10.2. The quantitative estimate of drug-likeness (QED) is 0.596. The van der Waals surface area contributed by atoms with Crippen molar-refractivity contribution in [3.05, 3.63) is 33.3 Å². The molecule has 0 saturated heterocycles. The van der Waals surface area contributed by atoms with Gasteiger partial charge >= 0.3 is 0 Å². The minimum atomic E-state index is -1.41. The van der Waals surface area contributed by atoms with E-state index in [0.717, 1.165) is 0 Å². The summed E-state index contributed by atoms with van der Waals surface area (Å²) in [4.78, 5) is 0. The third-order valence-corrected chi connectivity index (χ3v) is 2.74. The Bertz CT molecular complexity index is 292. The van der Waals surface area contributed by atoms with E-state index >= 15 is 0 Å². The molecule has 1 aromatic carbocycles. The molecule has 0 atom stereocenters. The standard InChI is InChI=1S/C7H3BrCl4/c8-6-3-4(9)1-2-5(6)7(10,11)12/h1-3H. The first-order chi connectivity index (χ1) is 5.41. The Balaban J connectivity index is 3.19. The van der Waals surface area contributed by atoms with Gasteiger partial charge in [0, 0.05) is 15.1 Å². The highest BCUT2D eigenvalue weighted by Gasteiger charge is 2.25. The van der Waals surface area contributed by atoms with Crippen LogP contribution in [-0.4, -0.2) is 0 Å². The van der Waals surface area contributed by atoms with Crippen LogP contribution in [-0.2, 0) is 3.79 Å². The van der Waals surface area contributed by atoms with Gasteiger partial charge in [0.15, 0.2) is 0 Å². The van der Waals surface area contributed by atoms with Crippen LogP contribution in [0.15, 0.2) is 22.7 Å². The fourth-order valence-corrected chi connectivity index (χ4v) is 2.54. The van der Waals surface area contributed by atoms with Gasteiger partial charge in [-0.05, 0) is 12.1 Å². The number of hydrogen-bond acceptors (Lipinski definition) is 0. The second kappa shape index (κ2) is 3.93. The van der Waals surface area contributed by atoms with Crippen LogP contribution >= 0.6 is 62.3 Å². The maximum atomic E-state index is 5.71. The van der Waals surface area contributed by atoms with E-state index in [9.17, 15) is 0 Å². The highest BCUT2D eigenvalue weighted by atomic mass is 79.9. The second-order valence-corrected chi connectivity index (χ2v) is 5.69. The normalized spacial score (nSPS) is 11.8. The average molecular weight is 309 g/mol. The van der Waals surface area contributed by atoms with Gasteiger partial charge in [-0.15, -0.1) is 0 Å². The van der Waals surface area contributed by atoms with Crippen molar-refractivity contribution in [2.75, 3.05) is 0 Å². The van der Waals surface area contributed by atoms with Gasteiger partial charge in [-0.2, -0.15) is 0 Å². The van der Waals surface area contributed by atoms with Gasteiger partial charge in [0.1, 0.15) is 0 Å². The van der Waals surface area contributed by atoms with Crippen LogP contribution < -0.4 is 0 Å². The second-order valence-electron chi connectivity index (χ2n) is 2.12. The highest BCUT2D eigenvalue weighted by molar-refractivity contribution is 9.10. The Labute approximate surface area is 98.9 Å². The van der Waals surface area contributed by atoms with Crippen molar-refractivity contribution in [1.82, 2.24) is 0 Å². The molecule has 0 aliphatic heterocycles. The van der Waals surface area contributed by atoms with Crippen LogP contribution in [0.4, 0.5) is 0 Å². The summed E-state index contributed by atoms with van der Waals surface area (Å²) >= 11 is 26.0. The summed E-state index contributed by atoms with van der Waals surface area (Å²) in [5.74, 6) is 0. The van der Waals surface area contributed by atoms with E-state index in [1.165, 1.54) is 0 Å². The Morgan fingerprint density at radius 1 is 1.17 bits per heavy atom. The first kappa shape index (κ1) is 10.9. The van der Waals surface area contributed by atoms with Gasteiger partial charge in [-0.25, -0.2) is 0 Å². The maximum absolute atomic E-state index is 5.71. The molecule has 0 radical (unpaired) electrons. The van der Waals surface area contributed by atoms with Crippen LogP contribution in [0.2, 0.25) is 5.02 Å². The lowest BCUT2D eigenvalue weighted by Crippen LogP contribution is -2.00. The molecule has 1 aromatic rings. The molecule has 0 amide bonds. The fraction of sp³-hybridized carbons (Fsp3) is 0.143. The van der Waals surface area contributed by atoms with Gasteiger partial charge in [-0.1, -0.05) is 68.4 Å². The first-order valence-corrected chi connectivity index (χ1v) is 5.24. The molecule has 0 aliphatic rings. The molecule has 0 spiro atoms. The minimum absolute atomic E-state index is 0.580. The topological polar surface area (TPSA) is 0 Å².